The molecule has 0 radical (unpaired) electrons. The maximum atomic E-state index is 13.5. The smallest absolute Gasteiger partial charge is 0.343 e. The molecule has 3 aromatic rings. The Bertz CT molecular complexity index is 1680. The second-order valence-corrected chi connectivity index (χ2v) is 11.9. The highest BCUT2D eigenvalue weighted by Gasteiger charge is 2.30. The minimum absolute atomic E-state index is 0.0284. The van der Waals surface area contributed by atoms with Crippen LogP contribution < -0.4 is 20.3 Å². The van der Waals surface area contributed by atoms with Crippen molar-refractivity contribution in [2.24, 2.45) is 0 Å². The molecule has 0 unspecified atom stereocenters. The molecule has 0 saturated carbocycles. The third-order valence-electron chi connectivity index (χ3n) is 8.85. The Morgan fingerprint density at radius 2 is 1.53 bits per heavy atom. The van der Waals surface area contributed by atoms with Crippen molar-refractivity contribution in [3.8, 4) is 0 Å². The quantitative estimate of drug-likeness (QED) is 0.209. The van der Waals surface area contributed by atoms with Crippen molar-refractivity contribution in [1.82, 2.24) is 0 Å². The van der Waals surface area contributed by atoms with E-state index in [0.717, 1.165) is 55.4 Å². The highest BCUT2D eigenvalue weighted by atomic mass is 16.4. The molecular formula is C36H43N3O6. The van der Waals surface area contributed by atoms with Crippen LogP contribution in [0.2, 0.25) is 0 Å². The molecule has 2 fully saturated rings. The van der Waals surface area contributed by atoms with Crippen molar-refractivity contribution in [2.75, 3.05) is 40.9 Å². The van der Waals surface area contributed by atoms with Crippen LogP contribution in [0.5, 0.6) is 0 Å². The first kappa shape index (κ1) is 32.0. The minimum atomic E-state index is -1.17. The standard InChI is InChI=1S/C36H43N3O6/c1-4-7-17-37(18-8-5-2)25-14-16-27-26(6-3)28(36(44)45-32(27)22-25)15-13-24-21-31(39-20-10-12-34(39)41)29(35(42)43)23-30(24)38-19-9-11-33(38)40/h13-16,21-23H,4-12,17-20H2,1-3H3,(H,42,43)/b15-13+. The van der Waals surface area contributed by atoms with Crippen molar-refractivity contribution in [3.05, 3.63) is 63.0 Å². The SMILES string of the molecule is CCCCN(CCCC)c1ccc2c(CC)c(/C=C/c3cc(N4CCCC4=O)c(C(=O)O)cc3N3CCCC3=O)c(=O)oc2c1. The maximum absolute atomic E-state index is 13.5. The summed E-state index contributed by atoms with van der Waals surface area (Å²) in [6, 6.07) is 9.24. The fourth-order valence-electron chi connectivity index (χ4n) is 6.42. The molecule has 2 aromatic carbocycles. The topological polar surface area (TPSA) is 111 Å². The van der Waals surface area contributed by atoms with Gasteiger partial charge in [0.15, 0.2) is 0 Å². The predicted octanol–water partition coefficient (Wildman–Crippen LogP) is 6.88. The number of aromatic carboxylic acids is 1. The first-order chi connectivity index (χ1) is 21.8. The average molecular weight is 614 g/mol. The summed E-state index contributed by atoms with van der Waals surface area (Å²) in [6.45, 7) is 9.14. The van der Waals surface area contributed by atoms with Gasteiger partial charge in [0.25, 0.3) is 0 Å². The lowest BCUT2D eigenvalue weighted by molar-refractivity contribution is -0.117. The Balaban J connectivity index is 1.60. The van der Waals surface area contributed by atoms with Crippen LogP contribution in [-0.2, 0) is 16.0 Å². The number of carboxylic acid groups (broad SMARTS) is 1. The fourth-order valence-corrected chi connectivity index (χ4v) is 6.42. The summed E-state index contributed by atoms with van der Waals surface area (Å²) < 4.78 is 5.91. The summed E-state index contributed by atoms with van der Waals surface area (Å²) in [7, 11) is 0. The molecule has 5 rings (SSSR count). The number of carbonyl (C=O) groups is 3. The van der Waals surface area contributed by atoms with Gasteiger partial charge in [0.2, 0.25) is 11.8 Å². The predicted molar refractivity (Wildman–Crippen MR) is 179 cm³/mol. The molecule has 0 atom stereocenters. The van der Waals surface area contributed by atoms with Gasteiger partial charge in [-0.3, -0.25) is 9.59 Å². The van der Waals surface area contributed by atoms with E-state index in [4.69, 9.17) is 4.42 Å². The van der Waals surface area contributed by atoms with Crippen LogP contribution in [0.1, 0.15) is 99.2 Å². The van der Waals surface area contributed by atoms with Crippen LogP contribution >= 0.6 is 0 Å². The summed E-state index contributed by atoms with van der Waals surface area (Å²) in [5.74, 6) is -1.39. The van der Waals surface area contributed by atoms with E-state index in [9.17, 15) is 24.3 Å². The molecule has 2 aliphatic heterocycles. The number of hydrogen-bond acceptors (Lipinski definition) is 6. The molecule has 1 aromatic heterocycles. The summed E-state index contributed by atoms with van der Waals surface area (Å²) in [5, 5.41) is 10.9. The summed E-state index contributed by atoms with van der Waals surface area (Å²) in [5.41, 5.74) is 3.67. The molecule has 2 saturated heterocycles. The van der Waals surface area contributed by atoms with Crippen LogP contribution in [0.3, 0.4) is 0 Å². The number of rotatable bonds is 13. The number of carbonyl (C=O) groups excluding carboxylic acids is 2. The molecule has 1 N–H and O–H groups in total. The van der Waals surface area contributed by atoms with E-state index >= 15 is 0 Å². The highest BCUT2D eigenvalue weighted by Crippen LogP contribution is 2.36. The number of fused-ring (bicyclic) bond motifs is 1. The molecular weight excluding hydrogens is 570 g/mol. The lowest BCUT2D eigenvalue weighted by atomic mass is 9.99. The zero-order valence-electron chi connectivity index (χ0n) is 26.6. The Labute approximate surface area is 264 Å². The van der Waals surface area contributed by atoms with Gasteiger partial charge in [-0.1, -0.05) is 39.7 Å². The lowest BCUT2D eigenvalue weighted by Gasteiger charge is -2.25. The molecule has 0 aliphatic carbocycles. The lowest BCUT2D eigenvalue weighted by Crippen LogP contribution is -2.28. The second kappa shape index (κ2) is 14.1. The molecule has 0 bridgehead atoms. The number of carboxylic acids is 1. The zero-order valence-corrected chi connectivity index (χ0v) is 26.6. The molecule has 3 heterocycles. The maximum Gasteiger partial charge on any atom is 0.343 e. The third-order valence-corrected chi connectivity index (χ3v) is 8.85. The van der Waals surface area contributed by atoms with Gasteiger partial charge in [0.1, 0.15) is 5.58 Å². The molecule has 2 amide bonds. The van der Waals surface area contributed by atoms with E-state index < -0.39 is 11.6 Å². The zero-order chi connectivity index (χ0) is 32.1. The number of unbranched alkanes of at least 4 members (excludes halogenated alkanes) is 2. The first-order valence-electron chi connectivity index (χ1n) is 16.3. The van der Waals surface area contributed by atoms with Crippen molar-refractivity contribution in [1.29, 1.82) is 0 Å². The van der Waals surface area contributed by atoms with Crippen LogP contribution in [0.4, 0.5) is 17.1 Å². The van der Waals surface area contributed by atoms with Gasteiger partial charge < -0.3 is 24.2 Å². The van der Waals surface area contributed by atoms with E-state index in [-0.39, 0.29) is 17.4 Å². The normalized spacial score (nSPS) is 15.3. The van der Waals surface area contributed by atoms with Gasteiger partial charge in [0, 0.05) is 61.7 Å². The molecule has 9 heteroatoms. The third kappa shape index (κ3) is 6.67. The van der Waals surface area contributed by atoms with Crippen molar-refractivity contribution in [2.45, 2.75) is 78.6 Å². The monoisotopic (exact) mass is 613 g/mol. The number of benzene rings is 2. The van der Waals surface area contributed by atoms with E-state index in [0.29, 0.717) is 73.3 Å². The van der Waals surface area contributed by atoms with Gasteiger partial charge in [0.05, 0.1) is 22.5 Å². The average Bonchev–Trinajstić information content (AvgIpc) is 3.66. The van der Waals surface area contributed by atoms with E-state index in [1.807, 2.05) is 19.1 Å². The Morgan fingerprint density at radius 1 is 0.889 bits per heavy atom. The Hall–Kier alpha value is -4.40. The summed E-state index contributed by atoms with van der Waals surface area (Å²) in [4.78, 5) is 56.7. The minimum Gasteiger partial charge on any atom is -0.478 e. The van der Waals surface area contributed by atoms with Crippen LogP contribution in [0.15, 0.2) is 39.5 Å². The number of anilines is 3. The molecule has 238 valence electrons. The number of amides is 2. The van der Waals surface area contributed by atoms with E-state index in [2.05, 4.69) is 24.8 Å². The van der Waals surface area contributed by atoms with Crippen LogP contribution in [0, 0.1) is 0 Å². The highest BCUT2D eigenvalue weighted by molar-refractivity contribution is 6.07. The van der Waals surface area contributed by atoms with Crippen molar-refractivity contribution in [3.63, 3.8) is 0 Å². The van der Waals surface area contributed by atoms with Crippen LogP contribution in [0.25, 0.3) is 23.1 Å². The fraction of sp³-hybridized carbons (Fsp3) is 0.444. The molecule has 0 spiro atoms. The number of hydrogen-bond donors (Lipinski definition) is 1. The number of aryl methyl sites for hydroxylation is 1. The summed E-state index contributed by atoms with van der Waals surface area (Å²) in [6.07, 6.45) is 10.4. The van der Waals surface area contributed by atoms with Crippen LogP contribution in [-0.4, -0.2) is 49.1 Å². The van der Waals surface area contributed by atoms with E-state index in [1.165, 1.54) is 11.0 Å². The van der Waals surface area contributed by atoms with Gasteiger partial charge >= 0.3 is 11.6 Å². The van der Waals surface area contributed by atoms with E-state index in [1.54, 1.807) is 23.1 Å². The first-order valence-corrected chi connectivity index (χ1v) is 16.3. The van der Waals surface area contributed by atoms with Crippen molar-refractivity contribution < 1.29 is 23.9 Å². The van der Waals surface area contributed by atoms with Crippen molar-refractivity contribution >= 4 is 58.0 Å². The Morgan fingerprint density at radius 3 is 2.09 bits per heavy atom. The largest absolute Gasteiger partial charge is 0.478 e. The molecule has 45 heavy (non-hydrogen) atoms. The summed E-state index contributed by atoms with van der Waals surface area (Å²) >= 11 is 0. The Kier molecular flexibility index (Phi) is 10.1. The molecule has 2 aliphatic rings. The number of nitrogens with zero attached hydrogens (tertiary/aromatic N) is 3. The second-order valence-electron chi connectivity index (χ2n) is 11.9. The van der Waals surface area contributed by atoms with Gasteiger partial charge in [-0.05, 0) is 68.0 Å². The van der Waals surface area contributed by atoms with Gasteiger partial charge in [-0.25, -0.2) is 9.59 Å². The molecule has 9 nitrogen and oxygen atoms in total. The van der Waals surface area contributed by atoms with Gasteiger partial charge in [-0.2, -0.15) is 0 Å². The van der Waals surface area contributed by atoms with Gasteiger partial charge in [-0.15, -0.1) is 0 Å².